The van der Waals surface area contributed by atoms with Gasteiger partial charge in [-0.3, -0.25) is 9.97 Å². The Hall–Kier alpha value is -3.28. The number of hydrogen-bond donors (Lipinski definition) is 3. The van der Waals surface area contributed by atoms with E-state index >= 15 is 0 Å². The van der Waals surface area contributed by atoms with Crippen LogP contribution in [0.1, 0.15) is 33.6 Å². The second-order valence-electron chi connectivity index (χ2n) is 7.62. The average Bonchev–Trinajstić information content (AvgIpc) is 3.33. The highest BCUT2D eigenvalue weighted by molar-refractivity contribution is 5.39. The molecule has 0 saturated carbocycles. The van der Waals surface area contributed by atoms with Crippen molar-refractivity contribution in [2.45, 2.75) is 32.5 Å². The fourth-order valence-corrected chi connectivity index (χ4v) is 3.73. The van der Waals surface area contributed by atoms with Gasteiger partial charge in [0, 0.05) is 63.1 Å². The van der Waals surface area contributed by atoms with Crippen LogP contribution in [-0.4, -0.2) is 21.5 Å². The summed E-state index contributed by atoms with van der Waals surface area (Å²) < 4.78 is 0. The molecule has 158 valence electrons. The topological polar surface area (TPSA) is 65.6 Å². The molecule has 0 bridgehead atoms. The van der Waals surface area contributed by atoms with Crippen molar-refractivity contribution in [2.24, 2.45) is 0 Å². The quantitative estimate of drug-likeness (QED) is 0.326. The molecule has 0 unspecified atom stereocenters. The summed E-state index contributed by atoms with van der Waals surface area (Å²) >= 11 is 0. The molecule has 0 aliphatic carbocycles. The van der Waals surface area contributed by atoms with Gasteiger partial charge in [0.2, 0.25) is 0 Å². The smallest absolute Gasteiger partial charge is 0.0541 e. The highest BCUT2D eigenvalue weighted by Gasteiger charge is 2.10. The van der Waals surface area contributed by atoms with E-state index in [1.807, 2.05) is 42.9 Å². The summed E-state index contributed by atoms with van der Waals surface area (Å²) in [4.78, 5) is 12.0. The van der Waals surface area contributed by atoms with Crippen molar-refractivity contribution in [1.82, 2.24) is 25.6 Å². The Morgan fingerprint density at radius 3 is 2.13 bits per heavy atom. The normalized spacial score (nSPS) is 11.0. The summed E-state index contributed by atoms with van der Waals surface area (Å²) in [5, 5.41) is 7.16. The van der Waals surface area contributed by atoms with E-state index in [0.717, 1.165) is 50.4 Å². The monoisotopic (exact) mass is 411 g/mol. The minimum absolute atomic E-state index is 0.761. The molecule has 0 saturated heterocycles. The predicted octanol–water partition coefficient (Wildman–Crippen LogP) is 4.02. The number of H-pyrrole nitrogens is 1. The first kappa shape index (κ1) is 21.0. The number of aromatic amines is 1. The number of nitrogens with one attached hydrogen (secondary N) is 3. The Balaban J connectivity index is 1.41. The van der Waals surface area contributed by atoms with Crippen molar-refractivity contribution in [3.05, 3.63) is 119 Å². The van der Waals surface area contributed by atoms with Gasteiger partial charge in [0.1, 0.15) is 0 Å². The van der Waals surface area contributed by atoms with Gasteiger partial charge in [0.15, 0.2) is 0 Å². The summed E-state index contributed by atoms with van der Waals surface area (Å²) in [6.45, 7) is 3.33. The zero-order valence-corrected chi connectivity index (χ0v) is 17.7. The lowest BCUT2D eigenvalue weighted by atomic mass is 9.95. The van der Waals surface area contributed by atoms with Crippen LogP contribution in [0.15, 0.2) is 85.5 Å². The Morgan fingerprint density at radius 1 is 0.710 bits per heavy atom. The first-order valence-corrected chi connectivity index (χ1v) is 10.8. The highest BCUT2D eigenvalue weighted by Crippen LogP contribution is 2.20. The van der Waals surface area contributed by atoms with E-state index in [-0.39, 0.29) is 0 Å². The van der Waals surface area contributed by atoms with E-state index in [1.165, 1.54) is 22.3 Å². The van der Waals surface area contributed by atoms with Gasteiger partial charge in [-0.15, -0.1) is 0 Å². The highest BCUT2D eigenvalue weighted by atomic mass is 14.9. The molecule has 1 aromatic carbocycles. The SMILES string of the molecule is c1ccc(CCNCc2cccc(CNCc3ccccn3)c2Cc2cc[nH]c2)nc1. The molecular formula is C26H29N5. The van der Waals surface area contributed by atoms with Crippen molar-refractivity contribution in [1.29, 1.82) is 0 Å². The van der Waals surface area contributed by atoms with Crippen molar-refractivity contribution < 1.29 is 0 Å². The van der Waals surface area contributed by atoms with E-state index in [4.69, 9.17) is 0 Å². The molecule has 4 aromatic rings. The zero-order chi connectivity index (χ0) is 21.1. The summed E-state index contributed by atoms with van der Waals surface area (Å²) in [5.74, 6) is 0. The number of nitrogens with zero attached hydrogens (tertiary/aromatic N) is 2. The van der Waals surface area contributed by atoms with E-state index in [1.54, 1.807) is 0 Å². The average molecular weight is 412 g/mol. The first-order chi connectivity index (χ1) is 15.4. The number of aromatic nitrogens is 3. The standard InChI is InChI=1S/C26H29N5/c1-3-12-30-24(8-1)11-15-28-18-22-6-5-7-23(26(22)16-21-10-14-27-17-21)19-29-20-25-9-2-4-13-31-25/h1-10,12-14,17,27-29H,11,15-16,18-20H2. The zero-order valence-electron chi connectivity index (χ0n) is 17.7. The van der Waals surface area contributed by atoms with Crippen LogP contribution < -0.4 is 10.6 Å². The molecule has 3 aromatic heterocycles. The molecule has 5 nitrogen and oxygen atoms in total. The van der Waals surface area contributed by atoms with Gasteiger partial charge in [-0.2, -0.15) is 0 Å². The minimum Gasteiger partial charge on any atom is -0.367 e. The largest absolute Gasteiger partial charge is 0.367 e. The molecule has 31 heavy (non-hydrogen) atoms. The maximum absolute atomic E-state index is 4.41. The van der Waals surface area contributed by atoms with Gasteiger partial charge in [-0.05, 0) is 59.0 Å². The molecule has 4 rings (SSSR count). The predicted molar refractivity (Wildman–Crippen MR) is 124 cm³/mol. The van der Waals surface area contributed by atoms with Gasteiger partial charge in [0.05, 0.1) is 5.69 Å². The summed E-state index contributed by atoms with van der Waals surface area (Å²) in [7, 11) is 0. The number of benzene rings is 1. The summed E-state index contributed by atoms with van der Waals surface area (Å²) in [6, 6.07) is 20.9. The van der Waals surface area contributed by atoms with Crippen molar-refractivity contribution in [3.63, 3.8) is 0 Å². The number of rotatable bonds is 11. The molecule has 5 heteroatoms. The van der Waals surface area contributed by atoms with Crippen molar-refractivity contribution >= 4 is 0 Å². The molecule has 0 amide bonds. The van der Waals surface area contributed by atoms with Gasteiger partial charge < -0.3 is 15.6 Å². The van der Waals surface area contributed by atoms with Crippen molar-refractivity contribution in [2.75, 3.05) is 6.54 Å². The van der Waals surface area contributed by atoms with Crippen LogP contribution in [0.4, 0.5) is 0 Å². The molecule has 0 atom stereocenters. The molecule has 3 heterocycles. The third-order valence-electron chi connectivity index (χ3n) is 5.36. The maximum Gasteiger partial charge on any atom is 0.0541 e. The number of hydrogen-bond acceptors (Lipinski definition) is 4. The first-order valence-electron chi connectivity index (χ1n) is 10.8. The van der Waals surface area contributed by atoms with Gasteiger partial charge in [-0.25, -0.2) is 0 Å². The van der Waals surface area contributed by atoms with Crippen LogP contribution in [-0.2, 0) is 32.5 Å². The van der Waals surface area contributed by atoms with Gasteiger partial charge in [-0.1, -0.05) is 30.3 Å². The van der Waals surface area contributed by atoms with E-state index in [0.29, 0.717) is 0 Å². The van der Waals surface area contributed by atoms with Crippen LogP contribution >= 0.6 is 0 Å². The van der Waals surface area contributed by atoms with Crippen LogP contribution in [0.2, 0.25) is 0 Å². The maximum atomic E-state index is 4.41. The van der Waals surface area contributed by atoms with Crippen LogP contribution in [0, 0.1) is 0 Å². The third-order valence-corrected chi connectivity index (χ3v) is 5.36. The Bertz CT molecular complexity index is 1030. The lowest BCUT2D eigenvalue weighted by molar-refractivity contribution is 0.662. The fourth-order valence-electron chi connectivity index (χ4n) is 3.73. The Kier molecular flexibility index (Phi) is 7.58. The molecule has 3 N–H and O–H groups in total. The van der Waals surface area contributed by atoms with Crippen LogP contribution in [0.3, 0.4) is 0 Å². The third kappa shape index (κ3) is 6.35. The summed E-state index contributed by atoms with van der Waals surface area (Å²) in [5.41, 5.74) is 7.55. The Morgan fingerprint density at radius 2 is 1.45 bits per heavy atom. The second kappa shape index (κ2) is 11.2. The van der Waals surface area contributed by atoms with E-state index in [2.05, 4.69) is 68.2 Å². The lowest BCUT2D eigenvalue weighted by Gasteiger charge is -2.16. The minimum atomic E-state index is 0.761. The molecule has 0 aliphatic rings. The van der Waals surface area contributed by atoms with Gasteiger partial charge >= 0.3 is 0 Å². The van der Waals surface area contributed by atoms with E-state index in [9.17, 15) is 0 Å². The van der Waals surface area contributed by atoms with Crippen molar-refractivity contribution in [3.8, 4) is 0 Å². The number of pyridine rings is 2. The lowest BCUT2D eigenvalue weighted by Crippen LogP contribution is -2.20. The van der Waals surface area contributed by atoms with Gasteiger partial charge in [0.25, 0.3) is 0 Å². The summed E-state index contributed by atoms with van der Waals surface area (Å²) in [6.07, 6.45) is 9.61. The molecule has 0 spiro atoms. The van der Waals surface area contributed by atoms with Crippen LogP contribution in [0.25, 0.3) is 0 Å². The molecular weight excluding hydrogens is 382 g/mol. The fraction of sp³-hybridized carbons (Fsp3) is 0.231. The van der Waals surface area contributed by atoms with Crippen LogP contribution in [0.5, 0.6) is 0 Å². The Labute approximate surface area is 184 Å². The second-order valence-corrected chi connectivity index (χ2v) is 7.62. The molecule has 0 radical (unpaired) electrons. The molecule has 0 fully saturated rings. The molecule has 0 aliphatic heterocycles. The van der Waals surface area contributed by atoms with E-state index < -0.39 is 0 Å².